The summed E-state index contributed by atoms with van der Waals surface area (Å²) in [6.45, 7) is 2.02. The van der Waals surface area contributed by atoms with Crippen molar-refractivity contribution >= 4 is 10.9 Å². The molecule has 0 aliphatic rings. The van der Waals surface area contributed by atoms with Gasteiger partial charge in [-0.25, -0.2) is 9.97 Å². The highest BCUT2D eigenvalue weighted by atomic mass is 16.5. The molecule has 0 atom stereocenters. The predicted octanol–water partition coefficient (Wildman–Crippen LogP) is 1.91. The van der Waals surface area contributed by atoms with Crippen molar-refractivity contribution in [1.29, 1.82) is 0 Å². The zero-order chi connectivity index (χ0) is 10.8. The van der Waals surface area contributed by atoms with E-state index in [1.54, 1.807) is 12.1 Å². The molecule has 0 radical (unpaired) electrons. The number of methoxy groups -OCH3 is 1. The Hall–Kier alpha value is -1.84. The van der Waals surface area contributed by atoms with Crippen LogP contribution in [0, 0.1) is 0 Å². The maximum atomic E-state index is 9.65. The lowest BCUT2D eigenvalue weighted by Crippen LogP contribution is -1.92. The summed E-state index contributed by atoms with van der Waals surface area (Å²) in [4.78, 5) is 8.30. The lowest BCUT2D eigenvalue weighted by Gasteiger charge is -2.06. The first kappa shape index (κ1) is 9.71. The summed E-state index contributed by atoms with van der Waals surface area (Å²) in [5.41, 5.74) is 1.72. The molecular formula is C11H12N2O2. The van der Waals surface area contributed by atoms with Crippen molar-refractivity contribution in [3.8, 4) is 11.5 Å². The molecule has 0 bridgehead atoms. The highest BCUT2D eigenvalue weighted by molar-refractivity contribution is 5.84. The first-order valence-corrected chi connectivity index (χ1v) is 4.76. The summed E-state index contributed by atoms with van der Waals surface area (Å²) in [6.07, 6.45) is 2.34. The van der Waals surface area contributed by atoms with E-state index in [2.05, 4.69) is 9.97 Å². The highest BCUT2D eigenvalue weighted by Crippen LogP contribution is 2.31. The van der Waals surface area contributed by atoms with Crippen LogP contribution in [-0.2, 0) is 6.42 Å². The number of aryl methyl sites for hydroxylation is 1. The topological polar surface area (TPSA) is 55.2 Å². The van der Waals surface area contributed by atoms with Crippen molar-refractivity contribution in [1.82, 2.24) is 9.97 Å². The van der Waals surface area contributed by atoms with Gasteiger partial charge >= 0.3 is 0 Å². The fourth-order valence-electron chi connectivity index (χ4n) is 1.57. The van der Waals surface area contributed by atoms with Crippen LogP contribution in [0.25, 0.3) is 10.9 Å². The Kier molecular flexibility index (Phi) is 2.41. The number of phenolic OH excluding ortho intramolecular Hbond substituents is 1. The standard InChI is InChI=1S/C11H12N2O2/c1-3-8-7-4-10(14)11(15-2)5-9(7)13-6-12-8/h4-6,14H,3H2,1-2H3. The molecule has 1 N–H and O–H groups in total. The van der Waals surface area contributed by atoms with E-state index in [-0.39, 0.29) is 5.75 Å². The first-order valence-electron chi connectivity index (χ1n) is 4.76. The molecule has 0 saturated carbocycles. The summed E-state index contributed by atoms with van der Waals surface area (Å²) in [7, 11) is 1.52. The van der Waals surface area contributed by atoms with Gasteiger partial charge in [0, 0.05) is 11.5 Å². The molecule has 2 aromatic rings. The molecular weight excluding hydrogens is 192 g/mol. The molecule has 4 nitrogen and oxygen atoms in total. The van der Waals surface area contributed by atoms with Crippen molar-refractivity contribution < 1.29 is 9.84 Å². The van der Waals surface area contributed by atoms with Gasteiger partial charge < -0.3 is 9.84 Å². The SMILES string of the molecule is CCc1ncnc2cc(OC)c(O)cc12. The van der Waals surface area contributed by atoms with Crippen LogP contribution in [0.2, 0.25) is 0 Å². The molecule has 4 heteroatoms. The average Bonchev–Trinajstić information content (AvgIpc) is 2.27. The number of benzene rings is 1. The Morgan fingerprint density at radius 2 is 2.13 bits per heavy atom. The fourth-order valence-corrected chi connectivity index (χ4v) is 1.57. The third kappa shape index (κ3) is 1.58. The third-order valence-corrected chi connectivity index (χ3v) is 2.35. The minimum Gasteiger partial charge on any atom is -0.504 e. The monoisotopic (exact) mass is 204 g/mol. The molecule has 0 fully saturated rings. The van der Waals surface area contributed by atoms with Gasteiger partial charge in [-0.1, -0.05) is 6.92 Å². The third-order valence-electron chi connectivity index (χ3n) is 2.35. The maximum absolute atomic E-state index is 9.65. The Balaban J connectivity index is 2.74. The highest BCUT2D eigenvalue weighted by Gasteiger charge is 2.07. The molecule has 78 valence electrons. The summed E-state index contributed by atoms with van der Waals surface area (Å²) in [5, 5.41) is 10.5. The first-order chi connectivity index (χ1) is 7.26. The second-order valence-electron chi connectivity index (χ2n) is 3.22. The molecule has 0 spiro atoms. The molecule has 15 heavy (non-hydrogen) atoms. The van der Waals surface area contributed by atoms with Gasteiger partial charge in [0.15, 0.2) is 11.5 Å². The molecule has 0 saturated heterocycles. The Bertz CT molecular complexity index is 497. The van der Waals surface area contributed by atoms with E-state index in [0.29, 0.717) is 5.75 Å². The number of hydrogen-bond acceptors (Lipinski definition) is 4. The van der Waals surface area contributed by atoms with Crippen molar-refractivity contribution in [2.24, 2.45) is 0 Å². The van der Waals surface area contributed by atoms with Crippen molar-refractivity contribution in [2.45, 2.75) is 13.3 Å². The van der Waals surface area contributed by atoms with Crippen LogP contribution in [0.15, 0.2) is 18.5 Å². The number of phenols is 1. The maximum Gasteiger partial charge on any atom is 0.162 e. The molecule has 0 aliphatic heterocycles. The number of aromatic nitrogens is 2. The second kappa shape index (κ2) is 3.73. The van der Waals surface area contributed by atoms with Crippen LogP contribution in [0.5, 0.6) is 11.5 Å². The molecule has 1 aromatic carbocycles. The molecule has 0 unspecified atom stereocenters. The summed E-state index contributed by atoms with van der Waals surface area (Å²) >= 11 is 0. The van der Waals surface area contributed by atoms with Crippen LogP contribution in [-0.4, -0.2) is 22.2 Å². The van der Waals surface area contributed by atoms with Gasteiger partial charge in [-0.2, -0.15) is 0 Å². The molecule has 1 heterocycles. The van der Waals surface area contributed by atoms with Gasteiger partial charge in [-0.3, -0.25) is 0 Å². The average molecular weight is 204 g/mol. The van der Waals surface area contributed by atoms with Gasteiger partial charge in [-0.05, 0) is 12.5 Å². The van der Waals surface area contributed by atoms with E-state index in [4.69, 9.17) is 4.74 Å². The van der Waals surface area contributed by atoms with Gasteiger partial charge in [0.1, 0.15) is 6.33 Å². The minimum atomic E-state index is 0.120. The lowest BCUT2D eigenvalue weighted by atomic mass is 10.1. The number of ether oxygens (including phenoxy) is 1. The Morgan fingerprint density at radius 1 is 1.33 bits per heavy atom. The van der Waals surface area contributed by atoms with Crippen LogP contribution in [0.4, 0.5) is 0 Å². The largest absolute Gasteiger partial charge is 0.504 e. The van der Waals surface area contributed by atoms with E-state index < -0.39 is 0 Å². The van der Waals surface area contributed by atoms with Crippen molar-refractivity contribution in [2.75, 3.05) is 7.11 Å². The molecule has 0 aliphatic carbocycles. The number of hydrogen-bond donors (Lipinski definition) is 1. The predicted molar refractivity (Wildman–Crippen MR) is 57.1 cm³/mol. The number of rotatable bonds is 2. The number of nitrogens with zero attached hydrogens (tertiary/aromatic N) is 2. The lowest BCUT2D eigenvalue weighted by molar-refractivity contribution is 0.374. The summed E-state index contributed by atoms with van der Waals surface area (Å²) in [5.74, 6) is 0.553. The van der Waals surface area contributed by atoms with Crippen LogP contribution in [0.3, 0.4) is 0 Å². The second-order valence-corrected chi connectivity index (χ2v) is 3.22. The number of fused-ring (bicyclic) bond motifs is 1. The molecule has 2 rings (SSSR count). The minimum absolute atomic E-state index is 0.120. The Morgan fingerprint density at radius 3 is 2.80 bits per heavy atom. The zero-order valence-corrected chi connectivity index (χ0v) is 8.69. The van der Waals surface area contributed by atoms with E-state index in [9.17, 15) is 5.11 Å². The van der Waals surface area contributed by atoms with Crippen LogP contribution >= 0.6 is 0 Å². The number of aromatic hydroxyl groups is 1. The van der Waals surface area contributed by atoms with Gasteiger partial charge in [0.2, 0.25) is 0 Å². The quantitative estimate of drug-likeness (QED) is 0.811. The van der Waals surface area contributed by atoms with Crippen LogP contribution < -0.4 is 4.74 Å². The van der Waals surface area contributed by atoms with Gasteiger partial charge in [-0.15, -0.1) is 0 Å². The van der Waals surface area contributed by atoms with E-state index in [0.717, 1.165) is 23.0 Å². The van der Waals surface area contributed by atoms with Gasteiger partial charge in [0.05, 0.1) is 18.3 Å². The smallest absolute Gasteiger partial charge is 0.162 e. The summed E-state index contributed by atoms with van der Waals surface area (Å²) < 4.78 is 5.02. The fraction of sp³-hybridized carbons (Fsp3) is 0.273. The van der Waals surface area contributed by atoms with Gasteiger partial charge in [0.25, 0.3) is 0 Å². The molecule has 1 aromatic heterocycles. The Labute approximate surface area is 87.6 Å². The van der Waals surface area contributed by atoms with E-state index in [1.165, 1.54) is 13.4 Å². The van der Waals surface area contributed by atoms with E-state index in [1.807, 2.05) is 6.92 Å². The van der Waals surface area contributed by atoms with E-state index >= 15 is 0 Å². The normalized spacial score (nSPS) is 10.5. The zero-order valence-electron chi connectivity index (χ0n) is 8.69. The van der Waals surface area contributed by atoms with Crippen molar-refractivity contribution in [3.05, 3.63) is 24.2 Å². The van der Waals surface area contributed by atoms with Crippen LogP contribution in [0.1, 0.15) is 12.6 Å². The van der Waals surface area contributed by atoms with Crippen molar-refractivity contribution in [3.63, 3.8) is 0 Å². The summed E-state index contributed by atoms with van der Waals surface area (Å²) in [6, 6.07) is 3.36. The molecule has 0 amide bonds.